The van der Waals surface area contributed by atoms with Crippen molar-refractivity contribution in [3.8, 4) is 0 Å². The molecule has 7 nitrogen and oxygen atoms in total. The Hall–Kier alpha value is -3.13. The summed E-state index contributed by atoms with van der Waals surface area (Å²) in [7, 11) is -3.52. The van der Waals surface area contributed by atoms with Gasteiger partial charge in [0.05, 0.1) is 17.6 Å². The highest BCUT2D eigenvalue weighted by molar-refractivity contribution is 7.92. The van der Waals surface area contributed by atoms with Crippen molar-refractivity contribution in [1.82, 2.24) is 0 Å². The lowest BCUT2D eigenvalue weighted by atomic mass is 10.1. The third-order valence-electron chi connectivity index (χ3n) is 3.36. The summed E-state index contributed by atoms with van der Waals surface area (Å²) in [5, 5.41) is 3.14. The van der Waals surface area contributed by atoms with E-state index in [9.17, 15) is 18.0 Å². The molecule has 2 N–H and O–H groups in total. The number of rotatable bonds is 4. The van der Waals surface area contributed by atoms with Crippen molar-refractivity contribution in [3.05, 3.63) is 70.6 Å². The fraction of sp³-hybridized carbons (Fsp3) is 0.0588. The Kier molecular flexibility index (Phi) is 4.28. The number of fused-ring (bicyclic) bond motifs is 1. The minimum atomic E-state index is -3.52. The van der Waals surface area contributed by atoms with E-state index < -0.39 is 21.6 Å². The predicted molar refractivity (Wildman–Crippen MR) is 95.3 cm³/mol. The normalized spacial score (nSPS) is 11.2. The average molecular weight is 358 g/mol. The molecule has 0 unspecified atom stereocenters. The van der Waals surface area contributed by atoms with Crippen LogP contribution in [0.1, 0.15) is 10.4 Å². The third-order valence-corrected chi connectivity index (χ3v) is 3.95. The van der Waals surface area contributed by atoms with Crippen molar-refractivity contribution in [3.63, 3.8) is 0 Å². The van der Waals surface area contributed by atoms with Crippen LogP contribution in [0.3, 0.4) is 0 Å². The Balaban J connectivity index is 1.96. The first kappa shape index (κ1) is 16.7. The first-order chi connectivity index (χ1) is 11.8. The van der Waals surface area contributed by atoms with Gasteiger partial charge < -0.3 is 9.73 Å². The zero-order chi connectivity index (χ0) is 18.0. The van der Waals surface area contributed by atoms with Crippen LogP contribution in [-0.2, 0) is 10.0 Å². The highest BCUT2D eigenvalue weighted by Crippen LogP contribution is 2.22. The monoisotopic (exact) mass is 358 g/mol. The highest BCUT2D eigenvalue weighted by Gasteiger charge is 2.16. The molecule has 1 amide bonds. The number of hydrogen-bond donors (Lipinski definition) is 2. The summed E-state index contributed by atoms with van der Waals surface area (Å²) in [5.74, 6) is -0.692. The van der Waals surface area contributed by atoms with E-state index in [2.05, 4.69) is 10.0 Å². The minimum Gasteiger partial charge on any atom is -0.422 e. The van der Waals surface area contributed by atoms with E-state index in [1.165, 1.54) is 18.2 Å². The molecule has 0 atom stereocenters. The van der Waals surface area contributed by atoms with Crippen LogP contribution in [0.2, 0.25) is 0 Å². The van der Waals surface area contributed by atoms with Crippen LogP contribution in [0.25, 0.3) is 11.0 Å². The van der Waals surface area contributed by atoms with Crippen molar-refractivity contribution in [2.45, 2.75) is 0 Å². The molecule has 1 aromatic heterocycles. The maximum Gasteiger partial charge on any atom is 0.349 e. The summed E-state index contributed by atoms with van der Waals surface area (Å²) >= 11 is 0. The Morgan fingerprint density at radius 1 is 1.00 bits per heavy atom. The van der Waals surface area contributed by atoms with E-state index in [1.807, 2.05) is 0 Å². The van der Waals surface area contributed by atoms with Crippen LogP contribution in [0.5, 0.6) is 0 Å². The second-order valence-corrected chi connectivity index (χ2v) is 7.11. The van der Waals surface area contributed by atoms with E-state index in [1.54, 1.807) is 36.4 Å². The minimum absolute atomic E-state index is 0.173. The number of amides is 1. The molecular weight excluding hydrogens is 344 g/mol. The molecule has 8 heteroatoms. The first-order valence-electron chi connectivity index (χ1n) is 7.24. The summed E-state index contributed by atoms with van der Waals surface area (Å²) in [6.45, 7) is 0. The van der Waals surface area contributed by atoms with Crippen molar-refractivity contribution < 1.29 is 17.6 Å². The van der Waals surface area contributed by atoms with Gasteiger partial charge in [-0.1, -0.05) is 30.3 Å². The van der Waals surface area contributed by atoms with Gasteiger partial charge in [-0.2, -0.15) is 0 Å². The first-order valence-corrected chi connectivity index (χ1v) is 9.14. The molecule has 0 saturated carbocycles. The van der Waals surface area contributed by atoms with Gasteiger partial charge in [-0.25, -0.2) is 13.2 Å². The quantitative estimate of drug-likeness (QED) is 0.697. The Bertz CT molecular complexity index is 1120. The van der Waals surface area contributed by atoms with Crippen LogP contribution in [0, 0.1) is 0 Å². The molecule has 25 heavy (non-hydrogen) atoms. The number of carbonyl (C=O) groups excluding carboxylic acids is 1. The highest BCUT2D eigenvalue weighted by atomic mass is 32.2. The van der Waals surface area contributed by atoms with Gasteiger partial charge >= 0.3 is 5.63 Å². The number of sulfonamides is 1. The fourth-order valence-corrected chi connectivity index (χ4v) is 2.87. The van der Waals surface area contributed by atoms with Gasteiger partial charge in [0.1, 0.15) is 11.1 Å². The molecule has 0 saturated heterocycles. The number of carbonyl (C=O) groups is 1. The van der Waals surface area contributed by atoms with Crippen LogP contribution in [-0.4, -0.2) is 20.6 Å². The molecule has 3 aromatic rings. The topological polar surface area (TPSA) is 105 Å². The maximum atomic E-state index is 12.4. The molecule has 2 aromatic carbocycles. The SMILES string of the molecule is CS(=O)(=O)Nc1ccccc1NC(=O)c1cc2ccccc2oc1=O. The number of para-hydroxylation sites is 3. The third kappa shape index (κ3) is 3.86. The predicted octanol–water partition coefficient (Wildman–Crippen LogP) is 2.42. The van der Waals surface area contributed by atoms with Crippen molar-refractivity contribution >= 4 is 38.3 Å². The Morgan fingerprint density at radius 3 is 2.36 bits per heavy atom. The molecule has 0 aliphatic heterocycles. The summed E-state index contributed by atoms with van der Waals surface area (Å²) < 4.78 is 30.3. The number of anilines is 2. The number of benzene rings is 2. The Labute approximate surface area is 143 Å². The second-order valence-electron chi connectivity index (χ2n) is 5.36. The lowest BCUT2D eigenvalue weighted by Gasteiger charge is -2.11. The van der Waals surface area contributed by atoms with E-state index in [0.29, 0.717) is 11.0 Å². The lowest BCUT2D eigenvalue weighted by Crippen LogP contribution is -2.21. The van der Waals surface area contributed by atoms with E-state index in [4.69, 9.17) is 4.42 Å². The number of hydrogen-bond acceptors (Lipinski definition) is 5. The molecule has 0 radical (unpaired) electrons. The molecule has 0 spiro atoms. The van der Waals surface area contributed by atoms with Gasteiger partial charge in [0.2, 0.25) is 10.0 Å². The van der Waals surface area contributed by atoms with Crippen molar-refractivity contribution in [2.24, 2.45) is 0 Å². The molecule has 0 bridgehead atoms. The fourth-order valence-electron chi connectivity index (χ4n) is 2.29. The molecular formula is C17H14N2O5S. The average Bonchev–Trinajstić information content (AvgIpc) is 2.54. The molecule has 0 aliphatic rings. The van der Waals surface area contributed by atoms with Crippen molar-refractivity contribution in [2.75, 3.05) is 16.3 Å². The zero-order valence-corrected chi connectivity index (χ0v) is 14.0. The molecule has 128 valence electrons. The maximum absolute atomic E-state index is 12.4. The largest absolute Gasteiger partial charge is 0.422 e. The van der Waals surface area contributed by atoms with Crippen LogP contribution in [0.15, 0.2) is 63.8 Å². The van der Waals surface area contributed by atoms with Crippen LogP contribution < -0.4 is 15.7 Å². The second kappa shape index (κ2) is 6.40. The van der Waals surface area contributed by atoms with Crippen LogP contribution in [0.4, 0.5) is 11.4 Å². The lowest BCUT2D eigenvalue weighted by molar-refractivity contribution is 0.102. The standard InChI is InChI=1S/C17H14N2O5S/c1-25(22,23)19-14-8-4-3-7-13(14)18-16(20)12-10-11-6-2-5-9-15(11)24-17(12)21/h2-10,19H,1H3,(H,18,20). The van der Waals surface area contributed by atoms with Gasteiger partial charge in [0.25, 0.3) is 5.91 Å². The summed E-state index contributed by atoms with van der Waals surface area (Å²) in [6.07, 6.45) is 1.00. The van der Waals surface area contributed by atoms with Gasteiger partial charge in [0, 0.05) is 5.39 Å². The Morgan fingerprint density at radius 2 is 1.64 bits per heavy atom. The van der Waals surface area contributed by atoms with Gasteiger partial charge in [-0.05, 0) is 24.3 Å². The van der Waals surface area contributed by atoms with Gasteiger partial charge in [0.15, 0.2) is 0 Å². The summed E-state index contributed by atoms with van der Waals surface area (Å²) in [6, 6.07) is 14.5. The zero-order valence-electron chi connectivity index (χ0n) is 13.1. The van der Waals surface area contributed by atoms with Gasteiger partial charge in [-0.3, -0.25) is 9.52 Å². The number of nitrogens with one attached hydrogen (secondary N) is 2. The van der Waals surface area contributed by atoms with E-state index >= 15 is 0 Å². The van der Waals surface area contributed by atoms with Gasteiger partial charge in [-0.15, -0.1) is 0 Å². The molecule has 3 rings (SSSR count). The molecule has 0 aliphatic carbocycles. The van der Waals surface area contributed by atoms with Crippen molar-refractivity contribution in [1.29, 1.82) is 0 Å². The summed E-state index contributed by atoms with van der Waals surface area (Å²) in [4.78, 5) is 24.5. The van der Waals surface area contributed by atoms with Crippen LogP contribution >= 0.6 is 0 Å². The van der Waals surface area contributed by atoms with E-state index in [0.717, 1.165) is 6.26 Å². The summed E-state index contributed by atoms with van der Waals surface area (Å²) in [5.41, 5.74) is -0.144. The smallest absolute Gasteiger partial charge is 0.349 e. The molecule has 0 fully saturated rings. The molecule has 1 heterocycles. The van der Waals surface area contributed by atoms with E-state index in [-0.39, 0.29) is 16.9 Å².